The zero-order chi connectivity index (χ0) is 33.8. The van der Waals surface area contributed by atoms with E-state index in [1.807, 2.05) is 29.9 Å². The van der Waals surface area contributed by atoms with Gasteiger partial charge in [-0.2, -0.15) is 0 Å². The number of ether oxygens (including phenoxy) is 2. The van der Waals surface area contributed by atoms with Gasteiger partial charge in [-0.25, -0.2) is 4.68 Å². The van der Waals surface area contributed by atoms with Gasteiger partial charge in [0, 0.05) is 23.7 Å². The molecule has 0 spiro atoms. The molecule has 7 rings (SSSR count). The molecule has 1 aromatic heterocycles. The predicted molar refractivity (Wildman–Crippen MR) is 187 cm³/mol. The molecule has 3 saturated carbocycles. The molecule has 4 fully saturated rings. The van der Waals surface area contributed by atoms with Crippen LogP contribution in [-0.2, 0) is 32.2 Å². The monoisotopic (exact) mass is 720 g/mol. The largest absolute Gasteiger partial charge is 0.462 e. The maximum Gasteiger partial charge on any atom is 0.302 e. The van der Waals surface area contributed by atoms with Crippen LogP contribution < -0.4 is 5.32 Å². The molecule has 48 heavy (non-hydrogen) atoms. The molecule has 1 aromatic carbocycles. The molecule has 1 amide bonds. The fourth-order valence-corrected chi connectivity index (χ4v) is 11.4. The molecule has 4 aliphatic carbocycles. The Morgan fingerprint density at radius 1 is 1.17 bits per heavy atom. The van der Waals surface area contributed by atoms with Crippen molar-refractivity contribution in [1.29, 1.82) is 0 Å². The smallest absolute Gasteiger partial charge is 0.302 e. The Balaban J connectivity index is 0.907. The highest BCUT2D eigenvalue weighted by Crippen LogP contribution is 2.69. The molecule has 9 heteroatoms. The van der Waals surface area contributed by atoms with Crippen LogP contribution in [0.3, 0.4) is 0 Å². The summed E-state index contributed by atoms with van der Waals surface area (Å²) < 4.78 is 15.4. The summed E-state index contributed by atoms with van der Waals surface area (Å²) in [4.78, 5) is 24.7. The molecule has 11 atom stereocenters. The number of nitrogens with zero attached hydrogens (tertiary/aromatic N) is 3. The highest BCUT2D eigenvalue weighted by Gasteiger charge is 2.65. The average molecular weight is 722 g/mol. The fraction of sp³-hybridized carbons (Fsp3) is 0.692. The van der Waals surface area contributed by atoms with Crippen LogP contribution in [0.15, 0.2) is 46.6 Å². The number of halogens is 1. The van der Waals surface area contributed by atoms with Crippen molar-refractivity contribution in [2.45, 2.75) is 124 Å². The molecular formula is C39H53BrN4O4. The van der Waals surface area contributed by atoms with E-state index in [-0.39, 0.29) is 35.4 Å². The van der Waals surface area contributed by atoms with Crippen molar-refractivity contribution >= 4 is 27.8 Å². The van der Waals surface area contributed by atoms with Crippen LogP contribution in [0.1, 0.15) is 104 Å². The minimum absolute atomic E-state index is 0.0497. The van der Waals surface area contributed by atoms with E-state index in [1.165, 1.54) is 26.2 Å². The second-order valence-electron chi connectivity index (χ2n) is 16.3. The number of fused-ring (bicyclic) bond motifs is 7. The maximum atomic E-state index is 13.1. The average Bonchev–Trinajstić information content (AvgIpc) is 3.72. The van der Waals surface area contributed by atoms with Crippen molar-refractivity contribution in [3.05, 3.63) is 57.8 Å². The van der Waals surface area contributed by atoms with Gasteiger partial charge in [0.2, 0.25) is 5.91 Å². The third-order valence-corrected chi connectivity index (χ3v) is 14.1. The number of nitrogens with one attached hydrogen (secondary N) is 1. The Morgan fingerprint density at radius 2 is 1.96 bits per heavy atom. The number of carbonyl (C=O) groups is 2. The number of carbonyl (C=O) groups excluding carboxylic acids is 2. The van der Waals surface area contributed by atoms with Gasteiger partial charge in [0.25, 0.3) is 0 Å². The van der Waals surface area contributed by atoms with Gasteiger partial charge in [0.15, 0.2) is 0 Å². The lowest BCUT2D eigenvalue weighted by Gasteiger charge is -2.58. The second-order valence-corrected chi connectivity index (χ2v) is 17.3. The van der Waals surface area contributed by atoms with Crippen molar-refractivity contribution in [1.82, 2.24) is 20.3 Å². The lowest BCUT2D eigenvalue weighted by Crippen LogP contribution is -2.51. The Morgan fingerprint density at radius 3 is 2.73 bits per heavy atom. The van der Waals surface area contributed by atoms with Crippen LogP contribution in [0.25, 0.3) is 0 Å². The van der Waals surface area contributed by atoms with Gasteiger partial charge in [-0.15, -0.1) is 5.10 Å². The Bertz CT molecular complexity index is 1540. The molecule has 0 unspecified atom stereocenters. The van der Waals surface area contributed by atoms with Gasteiger partial charge in [0.05, 0.1) is 31.5 Å². The standard InChI is InChI=1S/C39H53BrN4O4/c1-23(37(46)41-20-29-22-44(43-42-29)21-26-7-10-28(40)11-8-26)6-13-34-24(2)36-35(48-34)19-33-31-12-9-27-18-30(47-25(3)45)14-16-38(27,4)32(31)15-17-39(33,36)5/h7-11,22-24,30-36H,6,12-21H2,1-5H3,(H,41,46)/t23-,24-,30+,31-,32+,33+,34-,35+,36+,38+,39+/m1/s1. The van der Waals surface area contributed by atoms with E-state index in [4.69, 9.17) is 9.47 Å². The van der Waals surface area contributed by atoms with Crippen molar-refractivity contribution < 1.29 is 19.1 Å². The van der Waals surface area contributed by atoms with Crippen LogP contribution in [-0.4, -0.2) is 45.2 Å². The predicted octanol–water partition coefficient (Wildman–Crippen LogP) is 7.65. The molecule has 1 aliphatic heterocycles. The number of allylic oxidation sites excluding steroid dienone is 1. The van der Waals surface area contributed by atoms with Gasteiger partial charge in [-0.05, 0) is 109 Å². The summed E-state index contributed by atoms with van der Waals surface area (Å²) in [6.45, 7) is 12.1. The second kappa shape index (κ2) is 13.3. The van der Waals surface area contributed by atoms with Crippen LogP contribution in [0.4, 0.5) is 0 Å². The molecule has 1 N–H and O–H groups in total. The van der Waals surface area contributed by atoms with Gasteiger partial charge in [0.1, 0.15) is 11.8 Å². The number of amides is 1. The highest BCUT2D eigenvalue weighted by atomic mass is 79.9. The third-order valence-electron chi connectivity index (χ3n) is 13.6. The molecule has 2 aromatic rings. The first-order valence-electron chi connectivity index (χ1n) is 18.4. The summed E-state index contributed by atoms with van der Waals surface area (Å²) >= 11 is 3.47. The molecule has 260 valence electrons. The van der Waals surface area contributed by atoms with Crippen molar-refractivity contribution in [3.8, 4) is 0 Å². The number of aromatic nitrogens is 3. The zero-order valence-corrected chi connectivity index (χ0v) is 30.9. The van der Waals surface area contributed by atoms with Crippen LogP contribution in [0.5, 0.6) is 0 Å². The van der Waals surface area contributed by atoms with E-state index in [2.05, 4.69) is 70.5 Å². The zero-order valence-electron chi connectivity index (χ0n) is 29.3. The van der Waals surface area contributed by atoms with E-state index in [0.29, 0.717) is 54.2 Å². The number of hydrogen-bond acceptors (Lipinski definition) is 6. The van der Waals surface area contributed by atoms with E-state index < -0.39 is 0 Å². The van der Waals surface area contributed by atoms with Gasteiger partial charge >= 0.3 is 5.97 Å². The van der Waals surface area contributed by atoms with Crippen LogP contribution in [0, 0.1) is 46.3 Å². The van der Waals surface area contributed by atoms with E-state index in [9.17, 15) is 9.59 Å². The number of rotatable bonds is 9. The Labute approximate surface area is 294 Å². The molecular weight excluding hydrogens is 668 g/mol. The van der Waals surface area contributed by atoms with Crippen molar-refractivity contribution in [2.75, 3.05) is 0 Å². The summed E-state index contributed by atoms with van der Waals surface area (Å²) in [6, 6.07) is 8.16. The van der Waals surface area contributed by atoms with Gasteiger partial charge in [-0.1, -0.05) is 72.6 Å². The highest BCUT2D eigenvalue weighted by molar-refractivity contribution is 9.10. The first-order valence-corrected chi connectivity index (χ1v) is 19.2. The topological polar surface area (TPSA) is 95.3 Å². The fourth-order valence-electron chi connectivity index (χ4n) is 11.2. The Kier molecular flexibility index (Phi) is 9.42. The van der Waals surface area contributed by atoms with Crippen molar-refractivity contribution in [3.63, 3.8) is 0 Å². The van der Waals surface area contributed by atoms with E-state index in [0.717, 1.165) is 54.3 Å². The lowest BCUT2D eigenvalue weighted by atomic mass is 9.47. The minimum atomic E-state index is -0.153. The van der Waals surface area contributed by atoms with Gasteiger partial charge in [-0.3, -0.25) is 9.59 Å². The maximum absolute atomic E-state index is 13.1. The molecule has 8 nitrogen and oxygen atoms in total. The number of benzene rings is 1. The number of esters is 1. The summed E-state index contributed by atoms with van der Waals surface area (Å²) in [6.07, 6.45) is 14.7. The molecule has 0 bridgehead atoms. The molecule has 0 radical (unpaired) electrons. The van der Waals surface area contributed by atoms with Crippen molar-refractivity contribution in [2.24, 2.45) is 46.3 Å². The number of hydrogen-bond donors (Lipinski definition) is 1. The lowest BCUT2D eigenvalue weighted by molar-refractivity contribution is -0.148. The summed E-state index contributed by atoms with van der Waals surface area (Å²) in [5.74, 6) is 3.06. The Hall–Kier alpha value is -2.52. The van der Waals surface area contributed by atoms with Gasteiger partial charge < -0.3 is 14.8 Å². The van der Waals surface area contributed by atoms with Crippen LogP contribution in [0.2, 0.25) is 0 Å². The van der Waals surface area contributed by atoms with E-state index >= 15 is 0 Å². The first kappa shape index (κ1) is 34.0. The van der Waals surface area contributed by atoms with E-state index in [1.54, 1.807) is 5.57 Å². The SMILES string of the molecule is CC(=O)O[C@H]1CC[C@@]2(C)C(=CC[C@H]3[C@@H]4C[C@@H]5O[C@H](CC[C@@H](C)C(=O)NCc6cn(Cc7ccc(Br)cc7)nn6)[C@@H](C)[C@@H]5[C@@]4(C)CC[C@@H]32)C1. The molecule has 5 aliphatic rings. The van der Waals surface area contributed by atoms with Crippen LogP contribution >= 0.6 is 15.9 Å². The molecule has 1 saturated heterocycles. The third kappa shape index (κ3) is 6.31. The minimum Gasteiger partial charge on any atom is -0.462 e. The molecule has 2 heterocycles. The summed E-state index contributed by atoms with van der Waals surface area (Å²) in [5.41, 5.74) is 4.01. The summed E-state index contributed by atoms with van der Waals surface area (Å²) in [5, 5.41) is 11.6. The summed E-state index contributed by atoms with van der Waals surface area (Å²) in [7, 11) is 0. The first-order chi connectivity index (χ1) is 22.9. The normalized spacial score (nSPS) is 37.4. The quantitative estimate of drug-likeness (QED) is 0.211.